The summed E-state index contributed by atoms with van der Waals surface area (Å²) in [4.78, 5) is 4.13. The van der Waals surface area contributed by atoms with Crippen LogP contribution < -0.4 is 10.5 Å². The second-order valence-electron chi connectivity index (χ2n) is 3.60. The van der Waals surface area contributed by atoms with E-state index in [1.54, 1.807) is 13.3 Å². The monoisotopic (exact) mass is 248 g/mol. The van der Waals surface area contributed by atoms with Crippen molar-refractivity contribution in [3.05, 3.63) is 58.7 Å². The summed E-state index contributed by atoms with van der Waals surface area (Å²) in [5.41, 5.74) is 7.87. The minimum Gasteiger partial charge on any atom is -0.481 e. The van der Waals surface area contributed by atoms with Gasteiger partial charge in [-0.15, -0.1) is 0 Å². The lowest BCUT2D eigenvalue weighted by molar-refractivity contribution is 0.390. The van der Waals surface area contributed by atoms with Crippen molar-refractivity contribution in [1.82, 2.24) is 4.98 Å². The van der Waals surface area contributed by atoms with Crippen molar-refractivity contribution >= 4 is 11.6 Å². The Hall–Kier alpha value is -1.58. The molecule has 4 heteroatoms. The Morgan fingerprint density at radius 2 is 1.88 bits per heavy atom. The summed E-state index contributed by atoms with van der Waals surface area (Å²) in [6, 6.07) is 10.9. The van der Waals surface area contributed by atoms with Gasteiger partial charge in [-0.2, -0.15) is 0 Å². The predicted octanol–water partition coefficient (Wildman–Crippen LogP) is 2.79. The van der Waals surface area contributed by atoms with Crippen LogP contribution in [0, 0.1) is 0 Å². The summed E-state index contributed by atoms with van der Waals surface area (Å²) in [6.07, 6.45) is 1.67. The van der Waals surface area contributed by atoms with Gasteiger partial charge in [-0.1, -0.05) is 35.9 Å². The number of nitrogens with two attached hydrogens (primary N) is 1. The molecule has 88 valence electrons. The van der Waals surface area contributed by atoms with Crippen molar-refractivity contribution in [3.63, 3.8) is 0 Å². The fourth-order valence-corrected chi connectivity index (χ4v) is 1.96. The molecule has 0 amide bonds. The number of hydrogen-bond donors (Lipinski definition) is 1. The summed E-state index contributed by atoms with van der Waals surface area (Å²) in [5, 5.41) is 0.644. The van der Waals surface area contributed by atoms with Gasteiger partial charge in [-0.25, -0.2) is 4.98 Å². The molecule has 0 aliphatic carbocycles. The third-order valence-corrected chi connectivity index (χ3v) is 2.91. The molecular weight excluding hydrogens is 236 g/mol. The van der Waals surface area contributed by atoms with Gasteiger partial charge in [0, 0.05) is 16.8 Å². The van der Waals surface area contributed by atoms with Crippen LogP contribution in [0.15, 0.2) is 42.6 Å². The molecule has 0 fully saturated rings. The smallest absolute Gasteiger partial charge is 0.218 e. The highest BCUT2D eigenvalue weighted by Crippen LogP contribution is 2.30. The maximum atomic E-state index is 6.19. The molecule has 1 aromatic carbocycles. The highest BCUT2D eigenvalue weighted by atomic mass is 35.5. The summed E-state index contributed by atoms with van der Waals surface area (Å²) < 4.78 is 5.19. The second-order valence-corrected chi connectivity index (χ2v) is 4.01. The van der Waals surface area contributed by atoms with E-state index in [9.17, 15) is 0 Å². The van der Waals surface area contributed by atoms with Crippen LogP contribution in [0.3, 0.4) is 0 Å². The molecule has 2 rings (SSSR count). The number of halogens is 1. The number of benzene rings is 1. The summed E-state index contributed by atoms with van der Waals surface area (Å²) in [5.74, 6) is 0.528. The van der Waals surface area contributed by atoms with Crippen molar-refractivity contribution < 1.29 is 4.74 Å². The minimum atomic E-state index is -0.340. The van der Waals surface area contributed by atoms with Crippen molar-refractivity contribution in [2.24, 2.45) is 5.73 Å². The summed E-state index contributed by atoms with van der Waals surface area (Å²) in [7, 11) is 1.57. The SMILES string of the molecule is COc1ncccc1C(N)c1ccccc1Cl. The number of aromatic nitrogens is 1. The van der Waals surface area contributed by atoms with Crippen LogP contribution in [0.2, 0.25) is 5.02 Å². The topological polar surface area (TPSA) is 48.1 Å². The van der Waals surface area contributed by atoms with E-state index in [4.69, 9.17) is 22.1 Å². The molecule has 2 aromatic rings. The first-order chi connectivity index (χ1) is 8.24. The molecule has 0 spiro atoms. The van der Waals surface area contributed by atoms with Crippen molar-refractivity contribution in [1.29, 1.82) is 0 Å². The first-order valence-corrected chi connectivity index (χ1v) is 5.60. The Kier molecular flexibility index (Phi) is 3.61. The summed E-state index contributed by atoms with van der Waals surface area (Å²) >= 11 is 6.12. The van der Waals surface area contributed by atoms with E-state index in [-0.39, 0.29) is 6.04 Å². The maximum absolute atomic E-state index is 6.19. The molecule has 0 bridgehead atoms. The molecule has 1 unspecified atom stereocenters. The van der Waals surface area contributed by atoms with Crippen molar-refractivity contribution in [3.8, 4) is 5.88 Å². The number of hydrogen-bond acceptors (Lipinski definition) is 3. The fourth-order valence-electron chi connectivity index (χ4n) is 1.71. The highest BCUT2D eigenvalue weighted by molar-refractivity contribution is 6.31. The van der Waals surface area contributed by atoms with E-state index in [1.165, 1.54) is 0 Å². The average molecular weight is 249 g/mol. The second kappa shape index (κ2) is 5.17. The zero-order valence-electron chi connectivity index (χ0n) is 9.43. The standard InChI is InChI=1S/C13H13ClN2O/c1-17-13-10(6-4-8-16-13)12(15)9-5-2-3-7-11(9)14/h2-8,12H,15H2,1H3. The predicted molar refractivity (Wildman–Crippen MR) is 68.3 cm³/mol. The highest BCUT2D eigenvalue weighted by Gasteiger charge is 2.16. The van der Waals surface area contributed by atoms with Crippen LogP contribution in [0.25, 0.3) is 0 Å². The number of pyridine rings is 1. The van der Waals surface area contributed by atoms with Gasteiger partial charge in [0.25, 0.3) is 0 Å². The number of ether oxygens (including phenoxy) is 1. The van der Waals surface area contributed by atoms with Crippen molar-refractivity contribution in [2.45, 2.75) is 6.04 Å². The van der Waals surface area contributed by atoms with E-state index >= 15 is 0 Å². The Bertz CT molecular complexity index is 516. The zero-order chi connectivity index (χ0) is 12.3. The summed E-state index contributed by atoms with van der Waals surface area (Å²) in [6.45, 7) is 0. The van der Waals surface area contributed by atoms with Crippen LogP contribution in [0.1, 0.15) is 17.2 Å². The van der Waals surface area contributed by atoms with Crippen LogP contribution >= 0.6 is 11.6 Å². The van der Waals surface area contributed by atoms with Gasteiger partial charge < -0.3 is 10.5 Å². The van der Waals surface area contributed by atoms with Gasteiger partial charge in [0.2, 0.25) is 5.88 Å². The fraction of sp³-hybridized carbons (Fsp3) is 0.154. The van der Waals surface area contributed by atoms with Gasteiger partial charge in [0.05, 0.1) is 13.2 Å². The average Bonchev–Trinajstić information content (AvgIpc) is 2.38. The molecule has 2 N–H and O–H groups in total. The molecule has 0 aliphatic rings. The molecule has 0 aliphatic heterocycles. The van der Waals surface area contributed by atoms with Crippen LogP contribution in [0.4, 0.5) is 0 Å². The maximum Gasteiger partial charge on any atom is 0.218 e. The number of methoxy groups -OCH3 is 1. The van der Waals surface area contributed by atoms with Crippen molar-refractivity contribution in [2.75, 3.05) is 7.11 Å². The number of nitrogens with zero attached hydrogens (tertiary/aromatic N) is 1. The van der Waals surface area contributed by atoms with Crippen LogP contribution in [-0.4, -0.2) is 12.1 Å². The molecule has 3 nitrogen and oxygen atoms in total. The largest absolute Gasteiger partial charge is 0.481 e. The van der Waals surface area contributed by atoms with Gasteiger partial charge in [0.1, 0.15) is 0 Å². The van der Waals surface area contributed by atoms with E-state index in [0.717, 1.165) is 11.1 Å². The molecule has 0 radical (unpaired) electrons. The van der Waals surface area contributed by atoms with E-state index in [1.807, 2.05) is 36.4 Å². The normalized spacial score (nSPS) is 12.2. The third-order valence-electron chi connectivity index (χ3n) is 2.57. The van der Waals surface area contributed by atoms with Gasteiger partial charge >= 0.3 is 0 Å². The molecule has 0 saturated heterocycles. The molecule has 17 heavy (non-hydrogen) atoms. The van der Waals surface area contributed by atoms with Gasteiger partial charge in [0.15, 0.2) is 0 Å². The lowest BCUT2D eigenvalue weighted by atomic mass is 10.0. The zero-order valence-corrected chi connectivity index (χ0v) is 10.2. The molecule has 1 heterocycles. The quantitative estimate of drug-likeness (QED) is 0.909. The van der Waals surface area contributed by atoms with Gasteiger partial charge in [-0.05, 0) is 17.7 Å². The number of rotatable bonds is 3. The first-order valence-electron chi connectivity index (χ1n) is 5.23. The van der Waals surface area contributed by atoms with E-state index < -0.39 is 0 Å². The molecule has 0 saturated carbocycles. The van der Waals surface area contributed by atoms with E-state index in [0.29, 0.717) is 10.9 Å². The van der Waals surface area contributed by atoms with Crippen LogP contribution in [0.5, 0.6) is 5.88 Å². The molecule has 1 atom stereocenters. The van der Waals surface area contributed by atoms with E-state index in [2.05, 4.69) is 4.98 Å². The van der Waals surface area contributed by atoms with Crippen LogP contribution in [-0.2, 0) is 0 Å². The Balaban J connectivity index is 2.44. The minimum absolute atomic E-state index is 0.340. The molecule has 1 aromatic heterocycles. The lowest BCUT2D eigenvalue weighted by Crippen LogP contribution is -2.14. The lowest BCUT2D eigenvalue weighted by Gasteiger charge is -2.16. The Morgan fingerprint density at radius 3 is 2.59 bits per heavy atom. The first kappa shape index (κ1) is 11.9. The Labute approximate surface area is 105 Å². The third kappa shape index (κ3) is 2.40. The van der Waals surface area contributed by atoms with Gasteiger partial charge in [-0.3, -0.25) is 0 Å². The molecular formula is C13H13ClN2O. The Morgan fingerprint density at radius 1 is 1.18 bits per heavy atom.